The maximum atomic E-state index is 11.7. The van der Waals surface area contributed by atoms with Crippen molar-refractivity contribution in [3.05, 3.63) is 34.3 Å². The third-order valence-electron chi connectivity index (χ3n) is 3.34. The highest BCUT2D eigenvalue weighted by Gasteiger charge is 2.35. The molecule has 0 heterocycles. The molecule has 1 atom stereocenters. The minimum atomic E-state index is -0.785. The van der Waals surface area contributed by atoms with Crippen LogP contribution < -0.4 is 11.1 Å². The normalized spacial score (nSPS) is 18.7. The summed E-state index contributed by atoms with van der Waals surface area (Å²) in [7, 11) is 0. The lowest BCUT2D eigenvalue weighted by molar-refractivity contribution is -0.124. The van der Waals surface area contributed by atoms with Crippen LogP contribution in [-0.4, -0.2) is 12.5 Å². The first-order valence-corrected chi connectivity index (χ1v) is 6.62. The van der Waals surface area contributed by atoms with Gasteiger partial charge in [0.25, 0.3) is 0 Å². The highest BCUT2D eigenvalue weighted by atomic mass is 79.9. The first-order valence-electron chi connectivity index (χ1n) is 5.83. The van der Waals surface area contributed by atoms with Gasteiger partial charge in [-0.1, -0.05) is 28.1 Å². The zero-order valence-corrected chi connectivity index (χ0v) is 11.5. The zero-order valence-electron chi connectivity index (χ0n) is 9.87. The third-order valence-corrected chi connectivity index (χ3v) is 3.83. The summed E-state index contributed by atoms with van der Waals surface area (Å²) in [5, 5.41) is 3.31. The molecule has 1 fully saturated rings. The molecule has 1 aromatic carbocycles. The van der Waals surface area contributed by atoms with Gasteiger partial charge in [0.2, 0.25) is 5.91 Å². The Bertz CT molecular complexity index is 431. The second kappa shape index (κ2) is 4.78. The predicted molar refractivity (Wildman–Crippen MR) is 71.4 cm³/mol. The van der Waals surface area contributed by atoms with Gasteiger partial charge < -0.3 is 5.73 Å². The maximum absolute atomic E-state index is 11.7. The van der Waals surface area contributed by atoms with Crippen molar-refractivity contribution < 1.29 is 4.79 Å². The van der Waals surface area contributed by atoms with E-state index in [1.165, 1.54) is 12.8 Å². The molecule has 4 heteroatoms. The van der Waals surface area contributed by atoms with E-state index in [-0.39, 0.29) is 5.91 Å². The minimum absolute atomic E-state index is 0.337. The molecule has 0 spiro atoms. The van der Waals surface area contributed by atoms with Crippen molar-refractivity contribution >= 4 is 21.8 Å². The predicted octanol–water partition coefficient (Wildman–Crippen LogP) is 2.15. The van der Waals surface area contributed by atoms with E-state index < -0.39 is 5.54 Å². The Hall–Kier alpha value is -0.870. The first kappa shape index (κ1) is 12.6. The number of rotatable bonds is 5. The SMILES string of the molecule is CC(NCC1CC1)(C(N)=O)c1cccc(Br)c1. The molecule has 0 aromatic heterocycles. The van der Waals surface area contributed by atoms with E-state index in [0.29, 0.717) is 5.92 Å². The molecule has 92 valence electrons. The van der Waals surface area contributed by atoms with E-state index in [0.717, 1.165) is 16.6 Å². The molecule has 1 aliphatic rings. The summed E-state index contributed by atoms with van der Waals surface area (Å²) in [5.74, 6) is 0.372. The van der Waals surface area contributed by atoms with Gasteiger partial charge in [-0.15, -0.1) is 0 Å². The molecule has 1 saturated carbocycles. The van der Waals surface area contributed by atoms with Crippen LogP contribution in [0.4, 0.5) is 0 Å². The van der Waals surface area contributed by atoms with Crippen molar-refractivity contribution in [2.75, 3.05) is 6.54 Å². The Balaban J connectivity index is 2.22. The fourth-order valence-corrected chi connectivity index (χ4v) is 2.20. The molecule has 1 aromatic rings. The Morgan fingerprint density at radius 3 is 2.82 bits per heavy atom. The van der Waals surface area contributed by atoms with Crippen LogP contribution in [0, 0.1) is 5.92 Å². The summed E-state index contributed by atoms with van der Waals surface area (Å²) >= 11 is 3.42. The molecule has 0 bridgehead atoms. The van der Waals surface area contributed by atoms with E-state index in [4.69, 9.17) is 5.73 Å². The number of nitrogens with two attached hydrogens (primary N) is 1. The molecule has 17 heavy (non-hydrogen) atoms. The van der Waals surface area contributed by atoms with Gasteiger partial charge in [0, 0.05) is 4.47 Å². The van der Waals surface area contributed by atoms with Gasteiger partial charge in [-0.3, -0.25) is 10.1 Å². The maximum Gasteiger partial charge on any atom is 0.242 e. The van der Waals surface area contributed by atoms with Crippen molar-refractivity contribution in [1.29, 1.82) is 0 Å². The van der Waals surface area contributed by atoms with Crippen molar-refractivity contribution in [2.45, 2.75) is 25.3 Å². The highest BCUT2D eigenvalue weighted by molar-refractivity contribution is 9.10. The van der Waals surface area contributed by atoms with Crippen LogP contribution in [0.25, 0.3) is 0 Å². The van der Waals surface area contributed by atoms with Crippen LogP contribution in [0.15, 0.2) is 28.7 Å². The fraction of sp³-hybridized carbons (Fsp3) is 0.462. The highest BCUT2D eigenvalue weighted by Crippen LogP contribution is 2.30. The molecule has 3 N–H and O–H groups in total. The van der Waals surface area contributed by atoms with E-state index in [1.54, 1.807) is 0 Å². The first-order chi connectivity index (χ1) is 8.02. The van der Waals surface area contributed by atoms with Crippen molar-refractivity contribution in [3.8, 4) is 0 Å². The van der Waals surface area contributed by atoms with Crippen LogP contribution in [0.3, 0.4) is 0 Å². The topological polar surface area (TPSA) is 55.1 Å². The van der Waals surface area contributed by atoms with Crippen LogP contribution >= 0.6 is 15.9 Å². The van der Waals surface area contributed by atoms with E-state index in [9.17, 15) is 4.79 Å². The van der Waals surface area contributed by atoms with Gasteiger partial charge in [-0.25, -0.2) is 0 Å². The molecule has 0 radical (unpaired) electrons. The Morgan fingerprint density at radius 1 is 1.59 bits per heavy atom. The van der Waals surface area contributed by atoms with E-state index in [2.05, 4.69) is 21.2 Å². The van der Waals surface area contributed by atoms with Gasteiger partial charge in [0.1, 0.15) is 5.54 Å². The molecule has 0 saturated heterocycles. The molecule has 1 aliphatic carbocycles. The molecule has 0 aliphatic heterocycles. The Morgan fingerprint density at radius 2 is 2.29 bits per heavy atom. The molecular weight excluding hydrogens is 280 g/mol. The number of hydrogen-bond donors (Lipinski definition) is 2. The smallest absolute Gasteiger partial charge is 0.242 e. The fourth-order valence-electron chi connectivity index (χ4n) is 1.80. The van der Waals surface area contributed by atoms with E-state index in [1.807, 2.05) is 31.2 Å². The molecular formula is C13H17BrN2O. The van der Waals surface area contributed by atoms with Crippen molar-refractivity contribution in [3.63, 3.8) is 0 Å². The quantitative estimate of drug-likeness (QED) is 0.875. The summed E-state index contributed by atoms with van der Waals surface area (Å²) in [6.45, 7) is 2.70. The average Bonchev–Trinajstić information content (AvgIpc) is 3.09. The lowest BCUT2D eigenvalue weighted by atomic mass is 9.91. The average molecular weight is 297 g/mol. The number of nitrogens with one attached hydrogen (secondary N) is 1. The summed E-state index contributed by atoms with van der Waals surface area (Å²) in [4.78, 5) is 11.7. The van der Waals surface area contributed by atoms with Gasteiger partial charge in [-0.2, -0.15) is 0 Å². The number of amides is 1. The van der Waals surface area contributed by atoms with Crippen LogP contribution in [-0.2, 0) is 10.3 Å². The van der Waals surface area contributed by atoms with Gasteiger partial charge in [0.15, 0.2) is 0 Å². The molecule has 1 amide bonds. The van der Waals surface area contributed by atoms with Crippen LogP contribution in [0.1, 0.15) is 25.3 Å². The van der Waals surface area contributed by atoms with Gasteiger partial charge in [0.05, 0.1) is 0 Å². The summed E-state index contributed by atoms with van der Waals surface area (Å²) in [6.07, 6.45) is 2.50. The monoisotopic (exact) mass is 296 g/mol. The van der Waals surface area contributed by atoms with Gasteiger partial charge in [-0.05, 0) is 49.9 Å². The second-order valence-corrected chi connectivity index (χ2v) is 5.74. The summed E-state index contributed by atoms with van der Waals surface area (Å²) in [5.41, 5.74) is 5.66. The van der Waals surface area contributed by atoms with Crippen LogP contribution in [0.2, 0.25) is 0 Å². The zero-order chi connectivity index (χ0) is 12.5. The Labute approximate surface area is 110 Å². The number of halogens is 1. The molecule has 2 rings (SSSR count). The van der Waals surface area contributed by atoms with E-state index >= 15 is 0 Å². The standard InChI is InChI=1S/C13H17BrN2O/c1-13(12(15)17,16-8-9-5-6-9)10-3-2-4-11(14)7-10/h2-4,7,9,16H,5-6,8H2,1H3,(H2,15,17). The summed E-state index contributed by atoms with van der Waals surface area (Å²) < 4.78 is 0.954. The van der Waals surface area contributed by atoms with Crippen molar-refractivity contribution in [2.24, 2.45) is 11.7 Å². The Kier molecular flexibility index (Phi) is 3.54. The number of carbonyl (C=O) groups excluding carboxylic acids is 1. The second-order valence-electron chi connectivity index (χ2n) is 4.82. The largest absolute Gasteiger partial charge is 0.368 e. The molecule has 3 nitrogen and oxygen atoms in total. The van der Waals surface area contributed by atoms with Crippen LogP contribution in [0.5, 0.6) is 0 Å². The third kappa shape index (κ3) is 2.87. The van der Waals surface area contributed by atoms with Crippen molar-refractivity contribution in [1.82, 2.24) is 5.32 Å². The number of carbonyl (C=O) groups is 1. The lowest BCUT2D eigenvalue weighted by Crippen LogP contribution is -2.51. The summed E-state index contributed by atoms with van der Waals surface area (Å²) in [6, 6.07) is 7.71. The minimum Gasteiger partial charge on any atom is -0.368 e. The van der Waals surface area contributed by atoms with Gasteiger partial charge >= 0.3 is 0 Å². The number of hydrogen-bond acceptors (Lipinski definition) is 2. The number of primary amides is 1. The molecule has 1 unspecified atom stereocenters. The number of benzene rings is 1. The lowest BCUT2D eigenvalue weighted by Gasteiger charge is -2.28.